The molecule has 56 valence electrons. The van der Waals surface area contributed by atoms with Gasteiger partial charge in [0.1, 0.15) is 4.83 Å². The first kappa shape index (κ1) is 12.0. The molecule has 2 nitrogen and oxygen atoms in total. The minimum absolute atomic E-state index is 0. The zero-order chi connectivity index (χ0) is 6.73. The van der Waals surface area contributed by atoms with Crippen LogP contribution in [0.15, 0.2) is 0 Å². The highest BCUT2D eigenvalue weighted by molar-refractivity contribution is 9.10. The first-order chi connectivity index (χ1) is 3.55. The van der Waals surface area contributed by atoms with Crippen molar-refractivity contribution >= 4 is 34.3 Å². The van der Waals surface area contributed by atoms with E-state index in [9.17, 15) is 4.79 Å². The number of carboxylic acids is 1. The molecular weight excluding hydrogens is 207 g/mol. The first-order valence-electron chi connectivity index (χ1n) is 2.42. The average Bonchev–Trinajstić information content (AvgIpc) is 1.64. The molecule has 0 aromatic rings. The van der Waals surface area contributed by atoms with Crippen molar-refractivity contribution in [1.29, 1.82) is 0 Å². The zero-order valence-electron chi connectivity index (χ0n) is 5.30. The summed E-state index contributed by atoms with van der Waals surface area (Å²) in [5, 5.41) is 8.31. The van der Waals surface area contributed by atoms with E-state index in [-0.39, 0.29) is 18.3 Å². The van der Waals surface area contributed by atoms with Crippen LogP contribution >= 0.6 is 28.3 Å². The van der Waals surface area contributed by atoms with E-state index >= 15 is 0 Å². The Bertz CT molecular complexity index is 95.0. The molecule has 0 heterocycles. The van der Waals surface area contributed by atoms with Crippen molar-refractivity contribution in [3.05, 3.63) is 0 Å². The summed E-state index contributed by atoms with van der Waals surface area (Å²) in [7, 11) is 0. The lowest BCUT2D eigenvalue weighted by atomic mass is 10.1. The van der Waals surface area contributed by atoms with E-state index in [0.717, 1.165) is 0 Å². The summed E-state index contributed by atoms with van der Waals surface area (Å²) in [5.41, 5.74) is 0. The van der Waals surface area contributed by atoms with Gasteiger partial charge in [-0.05, 0) is 5.92 Å². The molecule has 0 aliphatic rings. The van der Waals surface area contributed by atoms with Crippen LogP contribution in [0.2, 0.25) is 0 Å². The third kappa shape index (κ3) is 4.73. The minimum Gasteiger partial charge on any atom is -0.480 e. The maximum absolute atomic E-state index is 10.1. The van der Waals surface area contributed by atoms with Crippen LogP contribution in [0.5, 0.6) is 0 Å². The standard InChI is InChI=1S/C5H9BrO2.ClH/c1-3(2)4(6)5(7)8;/h3-4H,1-2H3,(H,7,8);1H. The molecule has 0 bridgehead atoms. The molecule has 0 aliphatic carbocycles. The summed E-state index contributed by atoms with van der Waals surface area (Å²) in [6.07, 6.45) is 0. The quantitative estimate of drug-likeness (QED) is 0.718. The molecule has 1 unspecified atom stereocenters. The van der Waals surface area contributed by atoms with Crippen molar-refractivity contribution in [2.24, 2.45) is 5.92 Å². The topological polar surface area (TPSA) is 37.3 Å². The van der Waals surface area contributed by atoms with Gasteiger partial charge in [0.15, 0.2) is 0 Å². The molecular formula is C5H10BrClO2. The van der Waals surface area contributed by atoms with Gasteiger partial charge in [0, 0.05) is 0 Å². The largest absolute Gasteiger partial charge is 0.480 e. The maximum atomic E-state index is 10.1. The van der Waals surface area contributed by atoms with Crippen molar-refractivity contribution in [2.75, 3.05) is 0 Å². The lowest BCUT2D eigenvalue weighted by Crippen LogP contribution is -2.18. The average molecular weight is 217 g/mol. The fourth-order valence-electron chi connectivity index (χ4n) is 0.285. The predicted octanol–water partition coefficient (Wildman–Crippen LogP) is 1.91. The van der Waals surface area contributed by atoms with E-state index < -0.39 is 10.8 Å². The SMILES string of the molecule is CC(C)C(Br)C(=O)O.Cl. The minimum atomic E-state index is -0.792. The Labute approximate surface area is 69.2 Å². The number of carboxylic acid groups (broad SMARTS) is 1. The third-order valence-corrected chi connectivity index (χ3v) is 2.27. The second kappa shape index (κ2) is 5.06. The number of halogens is 2. The van der Waals surface area contributed by atoms with Gasteiger partial charge in [-0.3, -0.25) is 4.79 Å². The molecule has 0 radical (unpaired) electrons. The highest BCUT2D eigenvalue weighted by atomic mass is 79.9. The van der Waals surface area contributed by atoms with Gasteiger partial charge in [0.05, 0.1) is 0 Å². The van der Waals surface area contributed by atoms with Crippen LogP contribution in [-0.2, 0) is 4.79 Å². The van der Waals surface area contributed by atoms with Crippen molar-refractivity contribution in [3.63, 3.8) is 0 Å². The molecule has 0 fully saturated rings. The Morgan fingerprint density at radius 2 is 1.89 bits per heavy atom. The molecule has 0 saturated heterocycles. The number of carbonyl (C=O) groups is 1. The number of rotatable bonds is 2. The van der Waals surface area contributed by atoms with E-state index in [1.165, 1.54) is 0 Å². The Morgan fingerprint density at radius 3 is 1.89 bits per heavy atom. The van der Waals surface area contributed by atoms with Crippen LogP contribution in [-0.4, -0.2) is 15.9 Å². The molecule has 0 aliphatic heterocycles. The van der Waals surface area contributed by atoms with Crippen LogP contribution < -0.4 is 0 Å². The zero-order valence-corrected chi connectivity index (χ0v) is 7.70. The predicted molar refractivity (Wildman–Crippen MR) is 42.4 cm³/mol. The van der Waals surface area contributed by atoms with Crippen molar-refractivity contribution in [3.8, 4) is 0 Å². The summed E-state index contributed by atoms with van der Waals surface area (Å²) >= 11 is 3.01. The number of hydrogen-bond acceptors (Lipinski definition) is 1. The highest BCUT2D eigenvalue weighted by Crippen LogP contribution is 2.10. The normalized spacial score (nSPS) is 12.4. The third-order valence-electron chi connectivity index (χ3n) is 0.821. The molecule has 0 spiro atoms. The summed E-state index contributed by atoms with van der Waals surface area (Å²) in [6.45, 7) is 3.71. The summed E-state index contributed by atoms with van der Waals surface area (Å²) in [6, 6.07) is 0. The summed E-state index contributed by atoms with van der Waals surface area (Å²) in [5.74, 6) is -0.632. The van der Waals surface area contributed by atoms with Crippen molar-refractivity contribution < 1.29 is 9.90 Å². The summed E-state index contributed by atoms with van der Waals surface area (Å²) in [4.78, 5) is 9.69. The van der Waals surface area contributed by atoms with E-state index in [2.05, 4.69) is 15.9 Å². The lowest BCUT2D eigenvalue weighted by molar-refractivity contribution is -0.136. The van der Waals surface area contributed by atoms with E-state index in [0.29, 0.717) is 0 Å². The van der Waals surface area contributed by atoms with Gasteiger partial charge in [-0.2, -0.15) is 0 Å². The van der Waals surface area contributed by atoms with Gasteiger partial charge >= 0.3 is 5.97 Å². The van der Waals surface area contributed by atoms with Crippen LogP contribution in [0.3, 0.4) is 0 Å². The second-order valence-electron chi connectivity index (χ2n) is 1.98. The smallest absolute Gasteiger partial charge is 0.317 e. The van der Waals surface area contributed by atoms with Gasteiger partial charge in [0.2, 0.25) is 0 Å². The molecule has 1 atom stereocenters. The monoisotopic (exact) mass is 216 g/mol. The molecule has 0 aromatic heterocycles. The summed E-state index contributed by atoms with van der Waals surface area (Å²) < 4.78 is 0. The van der Waals surface area contributed by atoms with Crippen LogP contribution in [0.1, 0.15) is 13.8 Å². The molecule has 0 saturated carbocycles. The lowest BCUT2D eigenvalue weighted by Gasteiger charge is -2.05. The first-order valence-corrected chi connectivity index (χ1v) is 3.34. The fourth-order valence-corrected chi connectivity index (χ4v) is 0.285. The number of alkyl halides is 1. The molecule has 9 heavy (non-hydrogen) atoms. The van der Waals surface area contributed by atoms with Gasteiger partial charge < -0.3 is 5.11 Å². The van der Waals surface area contributed by atoms with Crippen LogP contribution in [0.25, 0.3) is 0 Å². The fraction of sp³-hybridized carbons (Fsp3) is 0.800. The molecule has 4 heteroatoms. The Morgan fingerprint density at radius 1 is 1.56 bits per heavy atom. The van der Waals surface area contributed by atoms with Crippen molar-refractivity contribution in [1.82, 2.24) is 0 Å². The van der Waals surface area contributed by atoms with E-state index in [4.69, 9.17) is 5.11 Å². The molecule has 0 amide bonds. The Hall–Kier alpha value is 0.240. The molecule has 0 aromatic carbocycles. The highest BCUT2D eigenvalue weighted by Gasteiger charge is 2.15. The molecule has 1 N–H and O–H groups in total. The van der Waals surface area contributed by atoms with Gasteiger partial charge in [-0.25, -0.2) is 0 Å². The van der Waals surface area contributed by atoms with Crippen LogP contribution in [0.4, 0.5) is 0 Å². The second-order valence-corrected chi connectivity index (χ2v) is 2.97. The van der Waals surface area contributed by atoms with E-state index in [1.54, 1.807) is 0 Å². The Kier molecular flexibility index (Phi) is 6.73. The Balaban J connectivity index is 0. The maximum Gasteiger partial charge on any atom is 0.317 e. The van der Waals surface area contributed by atoms with Gasteiger partial charge in [0.25, 0.3) is 0 Å². The number of aliphatic carboxylic acids is 1. The van der Waals surface area contributed by atoms with E-state index in [1.807, 2.05) is 13.8 Å². The van der Waals surface area contributed by atoms with Crippen LogP contribution in [0, 0.1) is 5.92 Å². The van der Waals surface area contributed by atoms with Gasteiger partial charge in [-0.1, -0.05) is 29.8 Å². The van der Waals surface area contributed by atoms with Gasteiger partial charge in [-0.15, -0.1) is 12.4 Å². The van der Waals surface area contributed by atoms with Crippen molar-refractivity contribution in [2.45, 2.75) is 18.7 Å². The number of hydrogen-bond donors (Lipinski definition) is 1. The molecule has 0 rings (SSSR count).